The molecule has 4 aromatic rings. The molecule has 9 nitrogen and oxygen atoms in total. The number of carbonyl (C=O) groups is 1. The van der Waals surface area contributed by atoms with Crippen LogP contribution < -0.4 is 5.56 Å². The van der Waals surface area contributed by atoms with Crippen LogP contribution in [0.1, 0.15) is 52.6 Å². The lowest BCUT2D eigenvalue weighted by molar-refractivity contribution is -0.157. The molecule has 1 saturated heterocycles. The van der Waals surface area contributed by atoms with Gasteiger partial charge in [-0.1, -0.05) is 35.5 Å². The van der Waals surface area contributed by atoms with Crippen molar-refractivity contribution in [3.63, 3.8) is 0 Å². The van der Waals surface area contributed by atoms with E-state index in [2.05, 4.69) is 5.16 Å². The van der Waals surface area contributed by atoms with E-state index in [1.807, 2.05) is 35.7 Å². The molecule has 0 aliphatic carbocycles. The van der Waals surface area contributed by atoms with Crippen molar-refractivity contribution in [3.05, 3.63) is 92.0 Å². The first-order valence-corrected chi connectivity index (χ1v) is 13.9. The Morgan fingerprint density at radius 2 is 1.80 bits per heavy atom. The summed E-state index contributed by atoms with van der Waals surface area (Å²) < 4.78 is 57.4. The van der Waals surface area contributed by atoms with Gasteiger partial charge < -0.3 is 23.5 Å². The van der Waals surface area contributed by atoms with Gasteiger partial charge in [-0.25, -0.2) is 4.98 Å². The number of amides is 1. The van der Waals surface area contributed by atoms with Crippen molar-refractivity contribution in [1.29, 1.82) is 0 Å². The number of piperidine rings is 1. The summed E-state index contributed by atoms with van der Waals surface area (Å²) in [4.78, 5) is 31.2. The Morgan fingerprint density at radius 1 is 1.05 bits per heavy atom. The van der Waals surface area contributed by atoms with Crippen molar-refractivity contribution in [2.24, 2.45) is 0 Å². The van der Waals surface area contributed by atoms with Crippen LogP contribution in [0, 0.1) is 0 Å². The van der Waals surface area contributed by atoms with E-state index in [9.17, 15) is 22.8 Å². The van der Waals surface area contributed by atoms with Crippen LogP contribution in [0.4, 0.5) is 13.2 Å². The van der Waals surface area contributed by atoms with Crippen LogP contribution >= 0.6 is 11.3 Å². The zero-order chi connectivity index (χ0) is 28.6. The molecule has 2 aliphatic heterocycles. The first kappa shape index (κ1) is 27.4. The molecule has 41 heavy (non-hydrogen) atoms. The number of hydrogen-bond donors (Lipinski definition) is 0. The summed E-state index contributed by atoms with van der Waals surface area (Å²) in [5.41, 5.74) is 1.54. The Kier molecular flexibility index (Phi) is 7.49. The van der Waals surface area contributed by atoms with Crippen LogP contribution in [0.15, 0.2) is 63.4 Å². The number of hydrogen-bond acceptors (Lipinski definition) is 8. The zero-order valence-corrected chi connectivity index (χ0v) is 22.5. The van der Waals surface area contributed by atoms with Crippen LogP contribution in [-0.2, 0) is 40.2 Å². The molecular weight excluding hydrogens is 561 g/mol. The highest BCUT2D eigenvalue weighted by Gasteiger charge is 2.32. The molecule has 214 valence electrons. The van der Waals surface area contributed by atoms with Gasteiger partial charge in [0.05, 0.1) is 22.7 Å². The average molecular weight is 587 g/mol. The second-order valence-corrected chi connectivity index (χ2v) is 10.8. The molecule has 5 heterocycles. The smallest absolute Gasteiger partial charge is 0.358 e. The molecule has 3 aromatic heterocycles. The number of nitrogens with zero attached hydrogens (tertiary/aromatic N) is 4. The van der Waals surface area contributed by atoms with Crippen molar-refractivity contribution < 1.29 is 32.0 Å². The minimum Gasteiger partial charge on any atom is -0.358 e. The molecule has 0 spiro atoms. The summed E-state index contributed by atoms with van der Waals surface area (Å²) in [6.45, 7) is 0.845. The summed E-state index contributed by atoms with van der Waals surface area (Å²) >= 11 is 1.50. The first-order valence-electron chi connectivity index (χ1n) is 13.0. The third-order valence-corrected chi connectivity index (χ3v) is 8.28. The number of benzene rings is 1. The number of fused-ring (bicyclic) bond motifs is 1. The highest BCUT2D eigenvalue weighted by atomic mass is 32.1. The lowest BCUT2D eigenvalue weighted by Crippen LogP contribution is -2.41. The molecule has 1 fully saturated rings. The molecule has 0 bridgehead atoms. The quantitative estimate of drug-likeness (QED) is 0.320. The fourth-order valence-corrected chi connectivity index (χ4v) is 5.99. The molecule has 1 aromatic carbocycles. The summed E-state index contributed by atoms with van der Waals surface area (Å²) in [7, 11) is 0. The van der Waals surface area contributed by atoms with Crippen LogP contribution in [-0.4, -0.2) is 38.6 Å². The molecule has 1 amide bonds. The molecule has 1 unspecified atom stereocenters. The average Bonchev–Trinajstić information content (AvgIpc) is 3.57. The summed E-state index contributed by atoms with van der Waals surface area (Å²) in [5, 5.41) is 7.00. The number of thiazole rings is 1. The second kappa shape index (κ2) is 11.2. The van der Waals surface area contributed by atoms with Gasteiger partial charge in [0.2, 0.25) is 12.2 Å². The first-order chi connectivity index (χ1) is 19.8. The van der Waals surface area contributed by atoms with E-state index >= 15 is 0 Å². The maximum Gasteiger partial charge on any atom is 0.417 e. The van der Waals surface area contributed by atoms with Gasteiger partial charge in [0.15, 0.2) is 5.76 Å². The van der Waals surface area contributed by atoms with E-state index in [1.165, 1.54) is 11.3 Å². The standard InChI is InChI=1S/C28H25F3N4O5S/c29-28(30,31)19-6-7-23(36)35(12-19)13-24(37)34-10-8-18(9-11-34)26-32-21(16-41-26)27-38-14-20-22(15-39-27)40-33-25(20)17-4-2-1-3-5-17/h1-7,12,16,18,27H,8-11,13-15H2. The Balaban J connectivity index is 1.05. The number of carbonyl (C=O) groups excluding carboxylic acids is 1. The van der Waals surface area contributed by atoms with Crippen molar-refractivity contribution in [2.75, 3.05) is 13.1 Å². The number of alkyl halides is 3. The summed E-state index contributed by atoms with van der Waals surface area (Å²) in [5.74, 6) is 0.334. The van der Waals surface area contributed by atoms with E-state index < -0.39 is 36.0 Å². The van der Waals surface area contributed by atoms with Crippen LogP contribution in [0.3, 0.4) is 0 Å². The fourth-order valence-electron chi connectivity index (χ4n) is 5.00. The van der Waals surface area contributed by atoms with E-state index in [-0.39, 0.29) is 19.1 Å². The predicted octanol–water partition coefficient (Wildman–Crippen LogP) is 5.13. The monoisotopic (exact) mass is 586 g/mol. The number of aromatic nitrogens is 3. The molecule has 0 N–H and O–H groups in total. The Morgan fingerprint density at radius 3 is 2.56 bits per heavy atom. The third-order valence-electron chi connectivity index (χ3n) is 7.26. The lowest BCUT2D eigenvalue weighted by atomic mass is 9.97. The molecule has 13 heteroatoms. The zero-order valence-electron chi connectivity index (χ0n) is 21.7. The normalized spacial score (nSPS) is 18.2. The number of likely N-dealkylation sites (tertiary alicyclic amines) is 1. The van der Waals surface area contributed by atoms with Gasteiger partial charge in [-0.15, -0.1) is 11.3 Å². The van der Waals surface area contributed by atoms with Crippen molar-refractivity contribution >= 4 is 17.2 Å². The van der Waals surface area contributed by atoms with Gasteiger partial charge in [-0.05, 0) is 18.9 Å². The van der Waals surface area contributed by atoms with Gasteiger partial charge in [0, 0.05) is 42.2 Å². The summed E-state index contributed by atoms with van der Waals surface area (Å²) in [6, 6.07) is 11.3. The van der Waals surface area contributed by atoms with Crippen LogP contribution in [0.5, 0.6) is 0 Å². The molecule has 6 rings (SSSR count). The van der Waals surface area contributed by atoms with Crippen molar-refractivity contribution in [1.82, 2.24) is 19.6 Å². The molecule has 1 atom stereocenters. The number of halogens is 3. The van der Waals surface area contributed by atoms with E-state index in [4.69, 9.17) is 19.0 Å². The van der Waals surface area contributed by atoms with Crippen LogP contribution in [0.25, 0.3) is 11.3 Å². The molecule has 0 saturated carbocycles. The minimum absolute atomic E-state index is 0.114. The van der Waals surface area contributed by atoms with Gasteiger partial charge >= 0.3 is 6.18 Å². The molecular formula is C28H25F3N4O5S. The number of rotatable bonds is 5. The Bertz CT molecular complexity index is 1590. The molecule has 2 aliphatic rings. The van der Waals surface area contributed by atoms with Crippen molar-refractivity contribution in [3.8, 4) is 11.3 Å². The topological polar surface area (TPSA) is 99.7 Å². The van der Waals surface area contributed by atoms with Gasteiger partial charge in [0.1, 0.15) is 24.5 Å². The maximum absolute atomic E-state index is 13.0. The second-order valence-electron chi connectivity index (χ2n) is 9.90. The largest absolute Gasteiger partial charge is 0.417 e. The predicted molar refractivity (Wildman–Crippen MR) is 141 cm³/mol. The maximum atomic E-state index is 13.0. The van der Waals surface area contributed by atoms with E-state index in [1.54, 1.807) is 4.90 Å². The van der Waals surface area contributed by atoms with Crippen molar-refractivity contribution in [2.45, 2.75) is 51.0 Å². The SMILES string of the molecule is O=C(Cn1cc(C(F)(F)F)ccc1=O)N1CCC(c2nc(C3OCc4onc(-c5ccccc5)c4CO3)cs2)CC1. The summed E-state index contributed by atoms with van der Waals surface area (Å²) in [6.07, 6.45) is -3.29. The minimum atomic E-state index is -4.60. The fraction of sp³-hybridized carbons (Fsp3) is 0.357. The lowest BCUT2D eigenvalue weighted by Gasteiger charge is -2.31. The Hall–Kier alpha value is -3.81. The number of pyridine rings is 1. The number of ether oxygens (including phenoxy) is 2. The van der Waals surface area contributed by atoms with Gasteiger partial charge in [-0.3, -0.25) is 9.59 Å². The van der Waals surface area contributed by atoms with Crippen LogP contribution in [0.2, 0.25) is 0 Å². The highest BCUT2D eigenvalue weighted by Crippen LogP contribution is 2.36. The van der Waals surface area contributed by atoms with Gasteiger partial charge in [-0.2, -0.15) is 13.2 Å². The van der Waals surface area contributed by atoms with Gasteiger partial charge in [0.25, 0.3) is 5.56 Å². The van der Waals surface area contributed by atoms with E-state index in [0.717, 1.165) is 38.5 Å². The van der Waals surface area contributed by atoms with E-state index in [0.29, 0.717) is 43.6 Å². The highest BCUT2D eigenvalue weighted by molar-refractivity contribution is 7.09. The molecule has 0 radical (unpaired) electrons. The third kappa shape index (κ3) is 5.83. The Labute approximate surface area is 236 Å².